The highest BCUT2D eigenvalue weighted by atomic mass is 19.1. The molecule has 2 N–H and O–H groups in total. The maximum atomic E-state index is 13.3. The first-order chi connectivity index (χ1) is 13.0. The Morgan fingerprint density at radius 2 is 1.70 bits per heavy atom. The molecule has 0 saturated heterocycles. The van der Waals surface area contributed by atoms with Crippen LogP contribution < -0.4 is 10.5 Å². The predicted molar refractivity (Wildman–Crippen MR) is 105 cm³/mol. The molecule has 0 atom stereocenters. The van der Waals surface area contributed by atoms with Crippen LogP contribution in [-0.2, 0) is 0 Å². The Bertz CT molecular complexity index is 990. The largest absolute Gasteiger partial charge is 0.494 e. The van der Waals surface area contributed by atoms with Gasteiger partial charge in [0.05, 0.1) is 12.3 Å². The molecule has 0 saturated carbocycles. The number of aromatic nitrogens is 1. The lowest BCUT2D eigenvalue weighted by molar-refractivity contribution is 0.317. The fourth-order valence-corrected chi connectivity index (χ4v) is 2.99. The minimum Gasteiger partial charge on any atom is -0.494 e. The molecule has 0 aliphatic heterocycles. The summed E-state index contributed by atoms with van der Waals surface area (Å²) in [5, 5.41) is 9.61. The van der Waals surface area contributed by atoms with Gasteiger partial charge in [0.15, 0.2) is 0 Å². The van der Waals surface area contributed by atoms with Crippen molar-refractivity contribution < 1.29 is 9.13 Å². The minimum atomic E-state index is -0.319. The Kier molecular flexibility index (Phi) is 5.37. The molecule has 0 bridgehead atoms. The van der Waals surface area contributed by atoms with Gasteiger partial charge in [0, 0.05) is 11.1 Å². The van der Waals surface area contributed by atoms with Crippen LogP contribution in [0.5, 0.6) is 5.75 Å². The average molecular weight is 361 g/mol. The van der Waals surface area contributed by atoms with Crippen LogP contribution in [0.3, 0.4) is 0 Å². The summed E-state index contributed by atoms with van der Waals surface area (Å²) in [6.07, 6.45) is 0.932. The Morgan fingerprint density at radius 3 is 2.30 bits per heavy atom. The number of nitriles is 1. The summed E-state index contributed by atoms with van der Waals surface area (Å²) in [7, 11) is 0. The molecule has 5 heteroatoms. The highest BCUT2D eigenvalue weighted by Crippen LogP contribution is 2.36. The molecule has 0 aliphatic rings. The third-order valence-corrected chi connectivity index (χ3v) is 4.31. The molecule has 0 spiro atoms. The fourth-order valence-electron chi connectivity index (χ4n) is 2.99. The minimum absolute atomic E-state index is 0.156. The van der Waals surface area contributed by atoms with Gasteiger partial charge >= 0.3 is 0 Å². The van der Waals surface area contributed by atoms with Gasteiger partial charge in [-0.2, -0.15) is 5.26 Å². The molecule has 136 valence electrons. The number of ether oxygens (including phenoxy) is 1. The first-order valence-corrected chi connectivity index (χ1v) is 8.74. The van der Waals surface area contributed by atoms with E-state index in [4.69, 9.17) is 10.5 Å². The standard InChI is InChI=1S/C22H20FN3O/c1-3-12-27-18-10-6-15(7-11-18)20-14(2)21(26-22(25)19(20)13-24)16-4-8-17(23)9-5-16/h4-11H,3,12H2,1-2H3,(H2,25,26). The van der Waals surface area contributed by atoms with Gasteiger partial charge in [-0.15, -0.1) is 0 Å². The maximum Gasteiger partial charge on any atom is 0.142 e. The molecule has 0 aliphatic carbocycles. The first kappa shape index (κ1) is 18.4. The molecule has 3 aromatic rings. The molecule has 1 aromatic heterocycles. The van der Waals surface area contributed by atoms with E-state index in [1.165, 1.54) is 12.1 Å². The predicted octanol–water partition coefficient (Wildman–Crippen LogP) is 5.11. The number of hydrogen-bond acceptors (Lipinski definition) is 4. The molecule has 0 fully saturated rings. The zero-order valence-electron chi connectivity index (χ0n) is 15.3. The van der Waals surface area contributed by atoms with Crippen LogP contribution in [0.1, 0.15) is 24.5 Å². The van der Waals surface area contributed by atoms with Gasteiger partial charge in [0.2, 0.25) is 0 Å². The number of benzene rings is 2. The smallest absolute Gasteiger partial charge is 0.142 e. The van der Waals surface area contributed by atoms with Gasteiger partial charge in [-0.05, 0) is 60.9 Å². The van der Waals surface area contributed by atoms with Crippen LogP contribution in [0.25, 0.3) is 22.4 Å². The van der Waals surface area contributed by atoms with Crippen LogP contribution in [0, 0.1) is 24.1 Å². The number of nitrogens with two attached hydrogens (primary N) is 1. The Balaban J connectivity index is 2.13. The Hall–Kier alpha value is -3.39. The van der Waals surface area contributed by atoms with E-state index >= 15 is 0 Å². The zero-order chi connectivity index (χ0) is 19.4. The second-order valence-electron chi connectivity index (χ2n) is 6.21. The van der Waals surface area contributed by atoms with Crippen LogP contribution in [0.15, 0.2) is 48.5 Å². The fraction of sp³-hybridized carbons (Fsp3) is 0.182. The molecule has 3 rings (SSSR count). The lowest BCUT2D eigenvalue weighted by Gasteiger charge is -2.15. The third kappa shape index (κ3) is 3.75. The number of rotatable bonds is 5. The highest BCUT2D eigenvalue weighted by molar-refractivity contribution is 5.84. The van der Waals surface area contributed by atoms with E-state index in [9.17, 15) is 9.65 Å². The van der Waals surface area contributed by atoms with Gasteiger partial charge in [-0.3, -0.25) is 0 Å². The van der Waals surface area contributed by atoms with Gasteiger partial charge < -0.3 is 10.5 Å². The number of nitrogens with zero attached hydrogens (tertiary/aromatic N) is 2. The van der Waals surface area contributed by atoms with E-state index in [2.05, 4.69) is 11.1 Å². The zero-order valence-corrected chi connectivity index (χ0v) is 15.3. The van der Waals surface area contributed by atoms with E-state index in [0.717, 1.165) is 34.4 Å². The van der Waals surface area contributed by atoms with Crippen molar-refractivity contribution in [3.8, 4) is 34.2 Å². The summed E-state index contributed by atoms with van der Waals surface area (Å²) >= 11 is 0. The van der Waals surface area contributed by atoms with E-state index in [1.54, 1.807) is 12.1 Å². The summed E-state index contributed by atoms with van der Waals surface area (Å²) in [4.78, 5) is 4.40. The average Bonchev–Trinajstić information content (AvgIpc) is 2.69. The summed E-state index contributed by atoms with van der Waals surface area (Å²) in [5.74, 6) is 0.613. The van der Waals surface area contributed by atoms with Crippen molar-refractivity contribution in [2.24, 2.45) is 0 Å². The number of nitrogen functional groups attached to an aromatic ring is 1. The molecule has 4 nitrogen and oxygen atoms in total. The molecule has 1 heterocycles. The van der Waals surface area contributed by atoms with Gasteiger partial charge in [0.1, 0.15) is 29.0 Å². The van der Waals surface area contributed by atoms with Gasteiger partial charge in [0.25, 0.3) is 0 Å². The lowest BCUT2D eigenvalue weighted by Crippen LogP contribution is -2.03. The Morgan fingerprint density at radius 1 is 1.07 bits per heavy atom. The molecular formula is C22H20FN3O. The van der Waals surface area contributed by atoms with Crippen molar-refractivity contribution in [2.75, 3.05) is 12.3 Å². The Labute approximate surface area is 158 Å². The number of hydrogen-bond donors (Lipinski definition) is 1. The maximum absolute atomic E-state index is 13.3. The van der Waals surface area contributed by atoms with Crippen LogP contribution >= 0.6 is 0 Å². The van der Waals surface area contributed by atoms with Crippen LogP contribution in [0.4, 0.5) is 10.2 Å². The van der Waals surface area contributed by atoms with E-state index in [1.807, 2.05) is 38.1 Å². The van der Waals surface area contributed by atoms with Crippen LogP contribution in [0.2, 0.25) is 0 Å². The quantitative estimate of drug-likeness (QED) is 0.686. The van der Waals surface area contributed by atoms with Crippen molar-refractivity contribution in [2.45, 2.75) is 20.3 Å². The van der Waals surface area contributed by atoms with Crippen LogP contribution in [-0.4, -0.2) is 11.6 Å². The summed E-state index contributed by atoms with van der Waals surface area (Å²) in [6.45, 7) is 4.59. The topological polar surface area (TPSA) is 71.9 Å². The lowest BCUT2D eigenvalue weighted by atomic mass is 9.93. The second-order valence-corrected chi connectivity index (χ2v) is 6.21. The number of anilines is 1. The molecule has 0 amide bonds. The van der Waals surface area contributed by atoms with E-state index in [-0.39, 0.29) is 11.6 Å². The number of pyridine rings is 1. The third-order valence-electron chi connectivity index (χ3n) is 4.31. The molecule has 0 unspecified atom stereocenters. The summed E-state index contributed by atoms with van der Waals surface area (Å²) < 4.78 is 18.9. The normalized spacial score (nSPS) is 10.4. The monoisotopic (exact) mass is 361 g/mol. The number of halogens is 1. The molecular weight excluding hydrogens is 341 g/mol. The van der Waals surface area contributed by atoms with E-state index < -0.39 is 0 Å². The van der Waals surface area contributed by atoms with Crippen molar-refractivity contribution in [1.29, 1.82) is 5.26 Å². The molecule has 2 aromatic carbocycles. The van der Waals surface area contributed by atoms with E-state index in [0.29, 0.717) is 17.9 Å². The highest BCUT2D eigenvalue weighted by Gasteiger charge is 2.18. The van der Waals surface area contributed by atoms with Crippen molar-refractivity contribution in [3.05, 3.63) is 65.5 Å². The summed E-state index contributed by atoms with van der Waals surface area (Å²) in [5.41, 5.74) is 10.2. The SMILES string of the molecule is CCCOc1ccc(-c2c(C)c(-c3ccc(F)cc3)nc(N)c2C#N)cc1. The van der Waals surface area contributed by atoms with Gasteiger partial charge in [-0.25, -0.2) is 9.37 Å². The van der Waals surface area contributed by atoms with Crippen molar-refractivity contribution in [1.82, 2.24) is 4.98 Å². The summed E-state index contributed by atoms with van der Waals surface area (Å²) in [6, 6.07) is 15.8. The van der Waals surface area contributed by atoms with Gasteiger partial charge in [-0.1, -0.05) is 19.1 Å². The van der Waals surface area contributed by atoms with Crippen molar-refractivity contribution >= 4 is 5.82 Å². The molecule has 0 radical (unpaired) electrons. The molecule has 27 heavy (non-hydrogen) atoms. The second kappa shape index (κ2) is 7.88. The van der Waals surface area contributed by atoms with Crippen molar-refractivity contribution in [3.63, 3.8) is 0 Å². The first-order valence-electron chi connectivity index (χ1n) is 8.74.